The topological polar surface area (TPSA) is 0 Å². The van der Waals surface area contributed by atoms with E-state index in [4.69, 9.17) is 0 Å². The predicted octanol–water partition coefficient (Wildman–Crippen LogP) is 19.7. The summed E-state index contributed by atoms with van der Waals surface area (Å²) in [5, 5.41) is 10.6. The molecular formula is C71H46. The molecule has 0 fully saturated rings. The summed E-state index contributed by atoms with van der Waals surface area (Å²) in [6.07, 6.45) is 0. The lowest BCUT2D eigenvalue weighted by Crippen LogP contribution is -2.15. The largest absolute Gasteiger partial charge is 0.0616 e. The lowest BCUT2D eigenvalue weighted by atomic mass is 9.80. The van der Waals surface area contributed by atoms with Gasteiger partial charge in [0.2, 0.25) is 0 Å². The summed E-state index contributed by atoms with van der Waals surface area (Å²) in [6.45, 7) is 4.77. The van der Waals surface area contributed by atoms with Crippen molar-refractivity contribution < 1.29 is 0 Å². The quantitative estimate of drug-likeness (QED) is 0.146. The molecule has 13 aromatic rings. The number of rotatable bonds is 6. The molecule has 71 heavy (non-hydrogen) atoms. The Morgan fingerprint density at radius 2 is 0.549 bits per heavy atom. The summed E-state index contributed by atoms with van der Waals surface area (Å²) < 4.78 is 0. The average molecular weight is 899 g/mol. The fraction of sp³-hybridized carbons (Fsp3) is 0.0423. The van der Waals surface area contributed by atoms with Crippen molar-refractivity contribution in [2.24, 2.45) is 0 Å². The van der Waals surface area contributed by atoms with Crippen molar-refractivity contribution >= 4 is 43.1 Å². The number of hydrogen-bond donors (Lipinski definition) is 0. The van der Waals surface area contributed by atoms with E-state index >= 15 is 0 Å². The van der Waals surface area contributed by atoms with Gasteiger partial charge in [0.15, 0.2) is 0 Å². The first kappa shape index (κ1) is 40.1. The summed E-state index contributed by atoms with van der Waals surface area (Å²) in [5.41, 5.74) is 25.5. The molecule has 0 nitrogen and oxygen atoms in total. The number of hydrogen-bond acceptors (Lipinski definition) is 0. The van der Waals surface area contributed by atoms with Gasteiger partial charge < -0.3 is 0 Å². The summed E-state index contributed by atoms with van der Waals surface area (Å²) in [6, 6.07) is 91.0. The van der Waals surface area contributed by atoms with Gasteiger partial charge in [-0.2, -0.15) is 0 Å². The van der Waals surface area contributed by atoms with E-state index in [-0.39, 0.29) is 5.41 Å². The van der Waals surface area contributed by atoms with E-state index < -0.39 is 0 Å². The van der Waals surface area contributed by atoms with Crippen molar-refractivity contribution in [3.8, 4) is 100 Å². The highest BCUT2D eigenvalue weighted by atomic mass is 14.4. The van der Waals surface area contributed by atoms with Crippen molar-refractivity contribution in [1.29, 1.82) is 0 Å². The van der Waals surface area contributed by atoms with Gasteiger partial charge in [0.25, 0.3) is 0 Å². The van der Waals surface area contributed by atoms with Crippen LogP contribution in [0.25, 0.3) is 143 Å². The predicted molar refractivity (Wildman–Crippen MR) is 302 cm³/mol. The van der Waals surface area contributed by atoms with Crippen LogP contribution in [0.2, 0.25) is 0 Å². The van der Waals surface area contributed by atoms with Crippen molar-refractivity contribution in [3.05, 3.63) is 254 Å². The van der Waals surface area contributed by atoms with Crippen LogP contribution < -0.4 is 0 Å². The molecule has 13 aromatic carbocycles. The minimum Gasteiger partial charge on any atom is -0.0616 e. The zero-order valence-corrected chi connectivity index (χ0v) is 39.6. The van der Waals surface area contributed by atoms with E-state index in [2.05, 4.69) is 257 Å². The van der Waals surface area contributed by atoms with Crippen molar-refractivity contribution in [2.75, 3.05) is 0 Å². The molecule has 0 aromatic heterocycles. The van der Waals surface area contributed by atoms with Crippen molar-refractivity contribution in [1.82, 2.24) is 0 Å². The second kappa shape index (κ2) is 15.1. The standard InChI is InChI=1S/C71H46/c1-71(2)66-41-54(33-36-60(66)61-37-34-55(42-67(61)71)48-23-27-50(28-24-48)57-39-40-65-59-10-4-3-9-58(59)63-12-6-11-62(57)70(63)65)47-19-17-45(18-20-47)43-13-15-44(16-14-43)46-21-25-49(26-22-46)56-35-31-53-30-29-51-7-5-8-52-32-38-64(56)69(53)68(51)52/h3-42H,1-2H3. The maximum Gasteiger partial charge on any atom is 0.0159 e. The summed E-state index contributed by atoms with van der Waals surface area (Å²) in [7, 11) is 0. The molecule has 0 saturated carbocycles. The SMILES string of the molecule is CC1(C)c2cc(-c3ccc(-c4ccc(-c5ccc(-c6ccc7ccc8cccc9ccc6c7c89)cc5)cc4)cc3)ccc2-c2ccc(-c3ccc(-c4ccc5c6c(cccc46)-c4ccccc4-5)cc3)cc21. The third-order valence-corrected chi connectivity index (χ3v) is 16.2. The Balaban J connectivity index is 0.659. The second-order valence-corrected chi connectivity index (χ2v) is 20.4. The van der Waals surface area contributed by atoms with Gasteiger partial charge in [0.1, 0.15) is 0 Å². The van der Waals surface area contributed by atoms with E-state index in [9.17, 15) is 0 Å². The number of benzene rings is 13. The Kier molecular flexibility index (Phi) is 8.51. The van der Waals surface area contributed by atoms with E-state index in [0.717, 1.165) is 0 Å². The second-order valence-electron chi connectivity index (χ2n) is 20.4. The van der Waals surface area contributed by atoms with Crippen LogP contribution in [0.1, 0.15) is 25.0 Å². The highest BCUT2D eigenvalue weighted by Crippen LogP contribution is 2.52. The molecule has 0 heterocycles. The first-order valence-corrected chi connectivity index (χ1v) is 25.0. The molecular weight excluding hydrogens is 853 g/mol. The Labute approximate surface area is 414 Å². The van der Waals surface area contributed by atoms with Crippen LogP contribution in [0.15, 0.2) is 243 Å². The zero-order chi connectivity index (χ0) is 47.0. The molecule has 0 N–H and O–H groups in total. The molecule has 2 aliphatic rings. The molecule has 2 aliphatic carbocycles. The molecule has 0 atom stereocenters. The van der Waals surface area contributed by atoms with E-state index in [1.807, 2.05) is 0 Å². The van der Waals surface area contributed by atoms with E-state index in [1.54, 1.807) is 0 Å². The normalized spacial score (nSPS) is 13.0. The van der Waals surface area contributed by atoms with Crippen LogP contribution in [0.3, 0.4) is 0 Å². The monoisotopic (exact) mass is 898 g/mol. The average Bonchev–Trinajstić information content (AvgIpc) is 3.88. The van der Waals surface area contributed by atoms with Crippen LogP contribution in [0.5, 0.6) is 0 Å². The molecule has 0 amide bonds. The van der Waals surface area contributed by atoms with Gasteiger partial charge in [-0.3, -0.25) is 0 Å². The minimum atomic E-state index is -0.134. The van der Waals surface area contributed by atoms with Gasteiger partial charge in [-0.05, 0) is 166 Å². The maximum absolute atomic E-state index is 2.43. The highest BCUT2D eigenvalue weighted by molar-refractivity contribution is 6.25. The molecule has 0 radical (unpaired) electrons. The lowest BCUT2D eigenvalue weighted by molar-refractivity contribution is 0.661. The summed E-state index contributed by atoms with van der Waals surface area (Å²) >= 11 is 0. The smallest absolute Gasteiger partial charge is 0.0159 e. The molecule has 330 valence electrons. The maximum atomic E-state index is 2.43. The zero-order valence-electron chi connectivity index (χ0n) is 39.6. The third-order valence-electron chi connectivity index (χ3n) is 16.2. The Bertz CT molecular complexity index is 4250. The van der Waals surface area contributed by atoms with Crippen LogP contribution in [-0.2, 0) is 5.41 Å². The first-order valence-electron chi connectivity index (χ1n) is 25.0. The minimum absolute atomic E-state index is 0.134. The van der Waals surface area contributed by atoms with Gasteiger partial charge in [-0.1, -0.05) is 244 Å². The van der Waals surface area contributed by atoms with E-state index in [0.29, 0.717) is 0 Å². The molecule has 0 saturated heterocycles. The van der Waals surface area contributed by atoms with Gasteiger partial charge in [0.05, 0.1) is 0 Å². The molecule has 0 spiro atoms. The molecule has 0 unspecified atom stereocenters. The fourth-order valence-electron chi connectivity index (χ4n) is 12.5. The molecule has 0 bridgehead atoms. The highest BCUT2D eigenvalue weighted by Gasteiger charge is 2.36. The Hall–Kier alpha value is -8.84. The first-order chi connectivity index (χ1) is 34.9. The summed E-state index contributed by atoms with van der Waals surface area (Å²) in [4.78, 5) is 0. The fourth-order valence-corrected chi connectivity index (χ4v) is 12.5. The summed E-state index contributed by atoms with van der Waals surface area (Å²) in [5.74, 6) is 0. The van der Waals surface area contributed by atoms with Gasteiger partial charge in [-0.25, -0.2) is 0 Å². The third kappa shape index (κ3) is 6.05. The van der Waals surface area contributed by atoms with Crippen LogP contribution in [-0.4, -0.2) is 0 Å². The van der Waals surface area contributed by atoms with Crippen LogP contribution >= 0.6 is 0 Å². The lowest BCUT2D eigenvalue weighted by Gasteiger charge is -2.22. The number of fused-ring (bicyclic) bond motifs is 6. The van der Waals surface area contributed by atoms with Crippen LogP contribution in [0, 0.1) is 0 Å². The van der Waals surface area contributed by atoms with Crippen molar-refractivity contribution in [3.63, 3.8) is 0 Å². The molecule has 0 heteroatoms. The van der Waals surface area contributed by atoms with Crippen molar-refractivity contribution in [2.45, 2.75) is 19.3 Å². The molecule has 15 rings (SSSR count). The van der Waals surface area contributed by atoms with Crippen LogP contribution in [0.4, 0.5) is 0 Å². The van der Waals surface area contributed by atoms with Gasteiger partial charge in [-0.15, -0.1) is 0 Å². The Morgan fingerprint density at radius 3 is 1.07 bits per heavy atom. The Morgan fingerprint density at radius 1 is 0.211 bits per heavy atom. The van der Waals surface area contributed by atoms with E-state index in [1.165, 1.54) is 154 Å². The van der Waals surface area contributed by atoms with Gasteiger partial charge >= 0.3 is 0 Å². The van der Waals surface area contributed by atoms with Gasteiger partial charge in [0, 0.05) is 5.41 Å². The molecule has 0 aliphatic heterocycles.